The predicted octanol–water partition coefficient (Wildman–Crippen LogP) is 5.32. The number of rotatable bonds is 5. The number of phenols is 6. The van der Waals surface area contributed by atoms with E-state index < -0.39 is 23.9 Å². The number of ether oxygens (including phenoxy) is 1. The zero-order chi connectivity index (χ0) is 25.6. The van der Waals surface area contributed by atoms with Gasteiger partial charge in [0.05, 0.1) is 6.10 Å². The van der Waals surface area contributed by atoms with Crippen LogP contribution < -0.4 is 0 Å². The molecule has 36 heavy (non-hydrogen) atoms. The fourth-order valence-electron chi connectivity index (χ4n) is 5.61. The molecule has 0 aliphatic heterocycles. The first-order valence-electron chi connectivity index (χ1n) is 11.5. The quantitative estimate of drug-likeness (QED) is 0.225. The van der Waals surface area contributed by atoms with Gasteiger partial charge in [0, 0.05) is 42.6 Å². The van der Waals surface area contributed by atoms with Gasteiger partial charge in [0.25, 0.3) is 0 Å². The SMILES string of the molecule is CO[C@@H](c1ccc(O)cc1)[C@H]1c2cc(O)cc(O)c2[C@H](c2cc(O)cc(O)c2)[C@H]1c1ccc(O)cc1. The van der Waals surface area contributed by atoms with Crippen LogP contribution in [0.3, 0.4) is 0 Å². The number of phenolic OH excluding ortho intramolecular Hbond substituents is 6. The largest absolute Gasteiger partial charge is 0.508 e. The Morgan fingerprint density at radius 2 is 1.17 bits per heavy atom. The molecule has 184 valence electrons. The third-order valence-electron chi connectivity index (χ3n) is 6.95. The Kier molecular flexibility index (Phi) is 5.86. The van der Waals surface area contributed by atoms with Gasteiger partial charge in [-0.25, -0.2) is 0 Å². The number of hydrogen-bond donors (Lipinski definition) is 6. The molecule has 0 amide bonds. The molecule has 7 nitrogen and oxygen atoms in total. The molecule has 0 unspecified atom stereocenters. The van der Waals surface area contributed by atoms with Gasteiger partial charge in [-0.15, -0.1) is 0 Å². The fourth-order valence-corrected chi connectivity index (χ4v) is 5.61. The Hall–Kier alpha value is -4.36. The normalized spacial score (nSPS) is 19.6. The Labute approximate surface area is 207 Å². The molecule has 0 fully saturated rings. The molecule has 1 aliphatic rings. The standard InChI is InChI=1S/C29H26O7/c1-36-29(16-4-8-19(31)9-5-16)28-23-13-22(34)14-24(35)27(23)26(17-10-20(32)12-21(33)11-17)25(28)15-2-6-18(30)7-3-15/h2-14,25-26,28-35H,1H3/t25-,26-,28+,29+/m1/s1. The molecule has 4 aromatic rings. The van der Waals surface area contributed by atoms with Crippen molar-refractivity contribution in [1.82, 2.24) is 0 Å². The highest BCUT2D eigenvalue weighted by atomic mass is 16.5. The van der Waals surface area contributed by atoms with E-state index in [0.717, 1.165) is 11.1 Å². The number of methoxy groups -OCH3 is 1. The molecule has 0 heterocycles. The maximum atomic E-state index is 11.1. The van der Waals surface area contributed by atoms with E-state index in [0.29, 0.717) is 16.7 Å². The fraction of sp³-hybridized carbons (Fsp3) is 0.172. The zero-order valence-corrected chi connectivity index (χ0v) is 19.4. The third-order valence-corrected chi connectivity index (χ3v) is 6.95. The Bertz CT molecular complexity index is 1380. The average Bonchev–Trinajstić information content (AvgIpc) is 3.16. The second-order valence-corrected chi connectivity index (χ2v) is 9.12. The van der Waals surface area contributed by atoms with Gasteiger partial charge in [-0.05, 0) is 64.7 Å². The Morgan fingerprint density at radius 3 is 1.75 bits per heavy atom. The minimum absolute atomic E-state index is 0.0969. The molecule has 0 aromatic heterocycles. The minimum atomic E-state index is -0.555. The van der Waals surface area contributed by atoms with Crippen molar-refractivity contribution < 1.29 is 35.4 Å². The van der Waals surface area contributed by atoms with Crippen molar-refractivity contribution in [2.24, 2.45) is 0 Å². The molecule has 1 aliphatic carbocycles. The number of aromatic hydroxyl groups is 6. The summed E-state index contributed by atoms with van der Waals surface area (Å²) in [6.45, 7) is 0. The lowest BCUT2D eigenvalue weighted by molar-refractivity contribution is 0.0718. The first-order valence-corrected chi connectivity index (χ1v) is 11.5. The van der Waals surface area contributed by atoms with E-state index in [1.807, 2.05) is 0 Å². The van der Waals surface area contributed by atoms with E-state index in [9.17, 15) is 30.6 Å². The van der Waals surface area contributed by atoms with Gasteiger partial charge in [-0.1, -0.05) is 24.3 Å². The van der Waals surface area contributed by atoms with E-state index in [4.69, 9.17) is 4.74 Å². The van der Waals surface area contributed by atoms with E-state index in [1.54, 1.807) is 73.8 Å². The summed E-state index contributed by atoms with van der Waals surface area (Å²) < 4.78 is 6.01. The Morgan fingerprint density at radius 1 is 0.611 bits per heavy atom. The van der Waals surface area contributed by atoms with E-state index in [-0.39, 0.29) is 34.5 Å². The molecule has 4 atom stereocenters. The summed E-state index contributed by atoms with van der Waals surface area (Å²) in [4.78, 5) is 0. The third kappa shape index (κ3) is 4.03. The molecule has 0 radical (unpaired) electrons. The van der Waals surface area contributed by atoms with Crippen molar-refractivity contribution in [3.05, 3.63) is 107 Å². The maximum Gasteiger partial charge on any atom is 0.123 e. The molecule has 5 rings (SSSR count). The highest BCUT2D eigenvalue weighted by Crippen LogP contribution is 2.62. The van der Waals surface area contributed by atoms with Crippen LogP contribution in [0.2, 0.25) is 0 Å². The summed E-state index contributed by atoms with van der Waals surface area (Å²) in [5, 5.41) is 61.9. The van der Waals surface area contributed by atoms with Gasteiger partial charge in [0.2, 0.25) is 0 Å². The number of hydrogen-bond acceptors (Lipinski definition) is 7. The topological polar surface area (TPSA) is 131 Å². The summed E-state index contributed by atoms with van der Waals surface area (Å²) in [6.07, 6.45) is -0.555. The molecule has 0 saturated carbocycles. The van der Waals surface area contributed by atoms with Gasteiger partial charge in [0.15, 0.2) is 0 Å². The van der Waals surface area contributed by atoms with Crippen molar-refractivity contribution >= 4 is 0 Å². The van der Waals surface area contributed by atoms with Crippen LogP contribution >= 0.6 is 0 Å². The second-order valence-electron chi connectivity index (χ2n) is 9.12. The van der Waals surface area contributed by atoms with Gasteiger partial charge in [0.1, 0.15) is 34.5 Å². The van der Waals surface area contributed by atoms with Crippen molar-refractivity contribution in [3.63, 3.8) is 0 Å². The summed E-state index contributed by atoms with van der Waals surface area (Å²) in [6, 6.07) is 20.6. The highest BCUT2D eigenvalue weighted by molar-refractivity contribution is 5.61. The number of fused-ring (bicyclic) bond motifs is 1. The molecule has 7 heteroatoms. The lowest BCUT2D eigenvalue weighted by atomic mass is 9.75. The summed E-state index contributed by atoms with van der Waals surface area (Å²) in [5.41, 5.74) is 3.36. The zero-order valence-electron chi connectivity index (χ0n) is 19.4. The Balaban J connectivity index is 1.80. The molecule has 0 bridgehead atoms. The van der Waals surface area contributed by atoms with Crippen LogP contribution in [0.5, 0.6) is 34.5 Å². The summed E-state index contributed by atoms with van der Waals surface area (Å²) in [5.74, 6) is -1.65. The van der Waals surface area contributed by atoms with E-state index >= 15 is 0 Å². The first-order chi connectivity index (χ1) is 17.3. The van der Waals surface area contributed by atoms with Crippen LogP contribution in [0, 0.1) is 0 Å². The molecule has 0 spiro atoms. The van der Waals surface area contributed by atoms with E-state index in [2.05, 4.69) is 0 Å². The average molecular weight is 487 g/mol. The monoisotopic (exact) mass is 486 g/mol. The maximum absolute atomic E-state index is 11.1. The van der Waals surface area contributed by atoms with Crippen LogP contribution in [0.4, 0.5) is 0 Å². The predicted molar refractivity (Wildman–Crippen MR) is 133 cm³/mol. The number of benzene rings is 4. The lowest BCUT2D eigenvalue weighted by Crippen LogP contribution is -2.19. The van der Waals surface area contributed by atoms with Crippen LogP contribution in [-0.4, -0.2) is 37.7 Å². The molecule has 4 aromatic carbocycles. The van der Waals surface area contributed by atoms with Crippen LogP contribution in [0.1, 0.15) is 51.7 Å². The van der Waals surface area contributed by atoms with Crippen molar-refractivity contribution in [1.29, 1.82) is 0 Å². The lowest BCUT2D eigenvalue weighted by Gasteiger charge is -2.32. The van der Waals surface area contributed by atoms with Crippen molar-refractivity contribution in [2.45, 2.75) is 23.9 Å². The van der Waals surface area contributed by atoms with Crippen LogP contribution in [0.15, 0.2) is 78.9 Å². The van der Waals surface area contributed by atoms with Crippen LogP contribution in [-0.2, 0) is 4.74 Å². The first kappa shape index (κ1) is 23.4. The van der Waals surface area contributed by atoms with Gasteiger partial charge in [-0.2, -0.15) is 0 Å². The smallest absolute Gasteiger partial charge is 0.123 e. The van der Waals surface area contributed by atoms with Gasteiger partial charge < -0.3 is 35.4 Å². The molecular weight excluding hydrogens is 460 g/mol. The van der Waals surface area contributed by atoms with E-state index in [1.165, 1.54) is 12.1 Å². The van der Waals surface area contributed by atoms with Gasteiger partial charge in [-0.3, -0.25) is 0 Å². The highest BCUT2D eigenvalue weighted by Gasteiger charge is 2.48. The summed E-state index contributed by atoms with van der Waals surface area (Å²) >= 11 is 0. The van der Waals surface area contributed by atoms with Gasteiger partial charge >= 0.3 is 0 Å². The molecular formula is C29H26O7. The summed E-state index contributed by atoms with van der Waals surface area (Å²) in [7, 11) is 1.57. The minimum Gasteiger partial charge on any atom is -0.508 e. The van der Waals surface area contributed by atoms with Crippen LogP contribution in [0.25, 0.3) is 0 Å². The molecule has 6 N–H and O–H groups in total. The van der Waals surface area contributed by atoms with Crippen molar-refractivity contribution in [2.75, 3.05) is 7.11 Å². The molecule has 0 saturated heterocycles. The second kappa shape index (κ2) is 9.02. The van der Waals surface area contributed by atoms with Crippen molar-refractivity contribution in [3.8, 4) is 34.5 Å².